The maximum Gasteiger partial charge on any atom is 0.122 e. The zero-order valence-corrected chi connectivity index (χ0v) is 12.9. The van der Waals surface area contributed by atoms with Gasteiger partial charge in [-0.05, 0) is 49.2 Å². The molecule has 1 atom stereocenters. The Morgan fingerprint density at radius 1 is 0.952 bits per heavy atom. The fraction of sp³-hybridized carbons (Fsp3) is 0.333. The van der Waals surface area contributed by atoms with Crippen molar-refractivity contribution in [3.8, 4) is 11.5 Å². The summed E-state index contributed by atoms with van der Waals surface area (Å²) in [5.74, 6) is 1.85. The summed E-state index contributed by atoms with van der Waals surface area (Å²) in [6.45, 7) is 0. The van der Waals surface area contributed by atoms with Crippen molar-refractivity contribution in [2.45, 2.75) is 18.9 Å². The molecule has 0 aliphatic heterocycles. The lowest BCUT2D eigenvalue weighted by atomic mass is 9.98. The van der Waals surface area contributed by atoms with Gasteiger partial charge in [0.25, 0.3) is 0 Å². The van der Waals surface area contributed by atoms with Gasteiger partial charge in [0, 0.05) is 6.04 Å². The monoisotopic (exact) mass is 285 g/mol. The molecule has 0 aliphatic carbocycles. The van der Waals surface area contributed by atoms with E-state index in [1.54, 1.807) is 14.2 Å². The molecule has 0 aliphatic rings. The SMILES string of the molecule is CNC(Cc1cccc(OC)c1)Cc1ccccc1OC. The quantitative estimate of drug-likeness (QED) is 0.848. The van der Waals surface area contributed by atoms with E-state index in [1.807, 2.05) is 31.3 Å². The predicted molar refractivity (Wildman–Crippen MR) is 86.2 cm³/mol. The number of hydrogen-bond acceptors (Lipinski definition) is 3. The molecule has 3 nitrogen and oxygen atoms in total. The summed E-state index contributed by atoms with van der Waals surface area (Å²) in [5, 5.41) is 3.39. The molecule has 0 aromatic heterocycles. The normalized spacial score (nSPS) is 12.0. The first-order chi connectivity index (χ1) is 10.3. The second kappa shape index (κ2) is 7.70. The molecule has 0 radical (unpaired) electrons. The molecule has 0 saturated heterocycles. The molecule has 0 spiro atoms. The van der Waals surface area contributed by atoms with Crippen molar-refractivity contribution >= 4 is 0 Å². The predicted octanol–water partition coefficient (Wildman–Crippen LogP) is 3.08. The van der Waals surface area contributed by atoms with Gasteiger partial charge in [-0.3, -0.25) is 0 Å². The van der Waals surface area contributed by atoms with Gasteiger partial charge >= 0.3 is 0 Å². The van der Waals surface area contributed by atoms with E-state index in [0.29, 0.717) is 6.04 Å². The van der Waals surface area contributed by atoms with Crippen molar-refractivity contribution in [2.24, 2.45) is 0 Å². The Kier molecular flexibility index (Phi) is 5.64. The smallest absolute Gasteiger partial charge is 0.122 e. The second-order valence-corrected chi connectivity index (χ2v) is 5.06. The molecule has 3 heteroatoms. The number of methoxy groups -OCH3 is 2. The topological polar surface area (TPSA) is 30.5 Å². The van der Waals surface area contributed by atoms with Crippen molar-refractivity contribution < 1.29 is 9.47 Å². The molecule has 0 bridgehead atoms. The van der Waals surface area contributed by atoms with Crippen LogP contribution in [-0.4, -0.2) is 27.3 Å². The lowest BCUT2D eigenvalue weighted by molar-refractivity contribution is 0.405. The largest absolute Gasteiger partial charge is 0.497 e. The standard InChI is InChI=1S/C18H23NO2/c1-19-16(11-14-7-6-9-17(12-14)20-2)13-15-8-4-5-10-18(15)21-3/h4-10,12,16,19H,11,13H2,1-3H3. The van der Waals surface area contributed by atoms with Crippen molar-refractivity contribution in [1.29, 1.82) is 0 Å². The van der Waals surface area contributed by atoms with Crippen LogP contribution >= 0.6 is 0 Å². The summed E-state index contributed by atoms with van der Waals surface area (Å²) in [4.78, 5) is 0. The number of benzene rings is 2. The minimum atomic E-state index is 0.355. The van der Waals surface area contributed by atoms with Gasteiger partial charge in [0.05, 0.1) is 14.2 Å². The first-order valence-corrected chi connectivity index (χ1v) is 7.19. The summed E-state index contributed by atoms with van der Waals surface area (Å²) in [7, 11) is 5.42. The van der Waals surface area contributed by atoms with E-state index in [0.717, 1.165) is 24.3 Å². The van der Waals surface area contributed by atoms with E-state index in [1.165, 1.54) is 11.1 Å². The van der Waals surface area contributed by atoms with Gasteiger partial charge < -0.3 is 14.8 Å². The zero-order chi connectivity index (χ0) is 15.1. The van der Waals surface area contributed by atoms with Crippen LogP contribution in [-0.2, 0) is 12.8 Å². The molecule has 112 valence electrons. The highest BCUT2D eigenvalue weighted by Gasteiger charge is 2.12. The Hall–Kier alpha value is -2.00. The van der Waals surface area contributed by atoms with Gasteiger partial charge in [-0.15, -0.1) is 0 Å². The van der Waals surface area contributed by atoms with Crippen LogP contribution in [0.2, 0.25) is 0 Å². The van der Waals surface area contributed by atoms with Crippen LogP contribution in [0.5, 0.6) is 11.5 Å². The van der Waals surface area contributed by atoms with Crippen LogP contribution in [0, 0.1) is 0 Å². The van der Waals surface area contributed by atoms with E-state index in [4.69, 9.17) is 9.47 Å². The van der Waals surface area contributed by atoms with E-state index >= 15 is 0 Å². The Morgan fingerprint density at radius 3 is 2.48 bits per heavy atom. The Morgan fingerprint density at radius 2 is 1.76 bits per heavy atom. The summed E-state index contributed by atoms with van der Waals surface area (Å²) in [6.07, 6.45) is 1.88. The van der Waals surface area contributed by atoms with Crippen LogP contribution in [0.25, 0.3) is 0 Å². The molecule has 1 unspecified atom stereocenters. The molecule has 0 amide bonds. The van der Waals surface area contributed by atoms with Crippen molar-refractivity contribution in [2.75, 3.05) is 21.3 Å². The maximum atomic E-state index is 5.43. The highest BCUT2D eigenvalue weighted by molar-refractivity contribution is 5.34. The molecule has 0 heterocycles. The van der Waals surface area contributed by atoms with Crippen LogP contribution in [0.3, 0.4) is 0 Å². The number of ether oxygens (including phenoxy) is 2. The van der Waals surface area contributed by atoms with E-state index in [2.05, 4.69) is 29.6 Å². The van der Waals surface area contributed by atoms with E-state index in [-0.39, 0.29) is 0 Å². The molecule has 21 heavy (non-hydrogen) atoms. The summed E-state index contributed by atoms with van der Waals surface area (Å²) in [6, 6.07) is 16.8. The summed E-state index contributed by atoms with van der Waals surface area (Å²) < 4.78 is 10.7. The van der Waals surface area contributed by atoms with Gasteiger partial charge in [0.2, 0.25) is 0 Å². The van der Waals surface area contributed by atoms with E-state index < -0.39 is 0 Å². The van der Waals surface area contributed by atoms with Gasteiger partial charge in [-0.1, -0.05) is 30.3 Å². The number of nitrogens with one attached hydrogen (secondary N) is 1. The average molecular weight is 285 g/mol. The Bertz CT molecular complexity index is 569. The first-order valence-electron chi connectivity index (χ1n) is 7.19. The lowest BCUT2D eigenvalue weighted by Crippen LogP contribution is -2.30. The highest BCUT2D eigenvalue weighted by atomic mass is 16.5. The molecule has 2 aromatic rings. The lowest BCUT2D eigenvalue weighted by Gasteiger charge is -2.18. The second-order valence-electron chi connectivity index (χ2n) is 5.06. The van der Waals surface area contributed by atoms with E-state index in [9.17, 15) is 0 Å². The molecule has 0 fully saturated rings. The third-order valence-corrected chi connectivity index (χ3v) is 3.68. The fourth-order valence-corrected chi connectivity index (χ4v) is 2.50. The van der Waals surface area contributed by atoms with Gasteiger partial charge in [0.15, 0.2) is 0 Å². The molecule has 2 rings (SSSR count). The zero-order valence-electron chi connectivity index (χ0n) is 12.9. The van der Waals surface area contributed by atoms with Crippen molar-refractivity contribution in [3.63, 3.8) is 0 Å². The van der Waals surface area contributed by atoms with Crippen LogP contribution in [0.1, 0.15) is 11.1 Å². The average Bonchev–Trinajstić information content (AvgIpc) is 2.54. The van der Waals surface area contributed by atoms with Crippen LogP contribution in [0.4, 0.5) is 0 Å². The van der Waals surface area contributed by atoms with Crippen molar-refractivity contribution in [3.05, 3.63) is 59.7 Å². The first kappa shape index (κ1) is 15.4. The van der Waals surface area contributed by atoms with Crippen LogP contribution < -0.4 is 14.8 Å². The fourth-order valence-electron chi connectivity index (χ4n) is 2.50. The summed E-state index contributed by atoms with van der Waals surface area (Å²) >= 11 is 0. The number of rotatable bonds is 7. The molecule has 0 saturated carbocycles. The van der Waals surface area contributed by atoms with Crippen LogP contribution in [0.15, 0.2) is 48.5 Å². The van der Waals surface area contributed by atoms with Gasteiger partial charge in [-0.25, -0.2) is 0 Å². The Balaban J connectivity index is 2.09. The minimum Gasteiger partial charge on any atom is -0.497 e. The number of para-hydroxylation sites is 1. The highest BCUT2D eigenvalue weighted by Crippen LogP contribution is 2.21. The number of hydrogen-bond donors (Lipinski definition) is 1. The van der Waals surface area contributed by atoms with Gasteiger partial charge in [0.1, 0.15) is 11.5 Å². The third kappa shape index (κ3) is 4.23. The third-order valence-electron chi connectivity index (χ3n) is 3.68. The Labute approximate surface area is 126 Å². The molecular formula is C18H23NO2. The minimum absolute atomic E-state index is 0.355. The molecule has 2 aromatic carbocycles. The number of likely N-dealkylation sites (N-methyl/N-ethyl adjacent to an activating group) is 1. The molecule has 1 N–H and O–H groups in total. The van der Waals surface area contributed by atoms with Crippen molar-refractivity contribution in [1.82, 2.24) is 5.32 Å². The maximum absolute atomic E-state index is 5.43. The summed E-state index contributed by atoms with van der Waals surface area (Å²) in [5.41, 5.74) is 2.49. The molecular weight excluding hydrogens is 262 g/mol. The van der Waals surface area contributed by atoms with Gasteiger partial charge in [-0.2, -0.15) is 0 Å².